The number of H-pyrrole nitrogens is 1. The van der Waals surface area contributed by atoms with Gasteiger partial charge in [-0.2, -0.15) is 4.98 Å². The van der Waals surface area contributed by atoms with Crippen LogP contribution in [0, 0.1) is 5.82 Å². The molecule has 3 heterocycles. The zero-order valence-corrected chi connectivity index (χ0v) is 15.1. The van der Waals surface area contributed by atoms with Crippen molar-refractivity contribution in [2.45, 2.75) is 52.1 Å². The molecule has 2 aromatic heterocycles. The minimum atomic E-state index is -0.203. The van der Waals surface area contributed by atoms with Crippen molar-refractivity contribution in [3.8, 4) is 0 Å². The highest BCUT2D eigenvalue weighted by atomic mass is 19.1. The van der Waals surface area contributed by atoms with Crippen LogP contribution in [-0.2, 0) is 18.4 Å². The lowest BCUT2D eigenvalue weighted by Gasteiger charge is -2.30. The van der Waals surface area contributed by atoms with Crippen LogP contribution in [0.5, 0.6) is 0 Å². The Labute approximate surface area is 146 Å². The normalized spacial score (nSPS) is 17.0. The number of fused-ring (bicyclic) bond motifs is 3. The van der Waals surface area contributed by atoms with E-state index in [0.717, 1.165) is 36.2 Å². The van der Waals surface area contributed by atoms with Crippen LogP contribution in [0.25, 0.3) is 10.9 Å². The molecule has 25 heavy (non-hydrogen) atoms. The quantitative estimate of drug-likeness (QED) is 0.761. The molecule has 0 radical (unpaired) electrons. The molecule has 1 aliphatic heterocycles. The molecule has 3 aromatic rings. The lowest BCUT2D eigenvalue weighted by molar-refractivity contribution is 0.158. The fourth-order valence-corrected chi connectivity index (χ4v) is 3.40. The number of nitrogens with one attached hydrogen (secondary N) is 1. The van der Waals surface area contributed by atoms with E-state index in [-0.39, 0.29) is 17.3 Å². The van der Waals surface area contributed by atoms with Gasteiger partial charge < -0.3 is 9.51 Å². The van der Waals surface area contributed by atoms with Crippen LogP contribution in [0.15, 0.2) is 22.7 Å². The van der Waals surface area contributed by atoms with Gasteiger partial charge in [0.05, 0.1) is 6.04 Å². The first-order valence-electron chi connectivity index (χ1n) is 8.70. The summed E-state index contributed by atoms with van der Waals surface area (Å²) in [6.45, 7) is 9.93. The van der Waals surface area contributed by atoms with Gasteiger partial charge in [-0.3, -0.25) is 4.90 Å². The van der Waals surface area contributed by atoms with Crippen LogP contribution in [0.2, 0.25) is 0 Å². The zero-order valence-electron chi connectivity index (χ0n) is 15.1. The molecule has 132 valence electrons. The Morgan fingerprint density at radius 2 is 2.12 bits per heavy atom. The molecule has 1 aliphatic rings. The average Bonchev–Trinajstić information content (AvgIpc) is 3.18. The summed E-state index contributed by atoms with van der Waals surface area (Å²) in [5.74, 6) is 1.16. The Balaban J connectivity index is 1.62. The van der Waals surface area contributed by atoms with E-state index in [2.05, 4.69) is 47.7 Å². The van der Waals surface area contributed by atoms with Crippen molar-refractivity contribution in [2.75, 3.05) is 6.54 Å². The van der Waals surface area contributed by atoms with E-state index in [1.165, 1.54) is 17.3 Å². The largest absolute Gasteiger partial charge is 0.358 e. The van der Waals surface area contributed by atoms with E-state index in [0.29, 0.717) is 5.89 Å². The maximum Gasteiger partial charge on any atom is 0.243 e. The van der Waals surface area contributed by atoms with Crippen LogP contribution in [-0.4, -0.2) is 26.6 Å². The molecule has 6 heteroatoms. The predicted molar refractivity (Wildman–Crippen MR) is 93.8 cm³/mol. The number of halogens is 1. The molecule has 1 aromatic carbocycles. The molecule has 0 amide bonds. The summed E-state index contributed by atoms with van der Waals surface area (Å²) in [5, 5.41) is 5.10. The van der Waals surface area contributed by atoms with Crippen molar-refractivity contribution in [1.82, 2.24) is 20.0 Å². The van der Waals surface area contributed by atoms with Gasteiger partial charge in [-0.1, -0.05) is 25.9 Å². The lowest BCUT2D eigenvalue weighted by Crippen LogP contribution is -2.33. The molecule has 1 atom stereocenters. The first-order chi connectivity index (χ1) is 11.8. The van der Waals surface area contributed by atoms with E-state index >= 15 is 0 Å². The smallest absolute Gasteiger partial charge is 0.243 e. The van der Waals surface area contributed by atoms with Crippen molar-refractivity contribution in [3.63, 3.8) is 0 Å². The molecule has 0 saturated carbocycles. The number of aromatic nitrogens is 3. The van der Waals surface area contributed by atoms with Gasteiger partial charge in [-0.25, -0.2) is 4.39 Å². The van der Waals surface area contributed by atoms with E-state index in [9.17, 15) is 4.39 Å². The molecule has 0 fully saturated rings. The van der Waals surface area contributed by atoms with Gasteiger partial charge in [0.25, 0.3) is 0 Å². The van der Waals surface area contributed by atoms with Gasteiger partial charge in [-0.15, -0.1) is 0 Å². The third-order valence-electron chi connectivity index (χ3n) is 4.98. The summed E-state index contributed by atoms with van der Waals surface area (Å²) in [7, 11) is 0. The molecule has 4 rings (SSSR count). The molecule has 0 spiro atoms. The second-order valence-electron chi connectivity index (χ2n) is 7.87. The molecule has 0 aliphatic carbocycles. The number of aromatic amines is 1. The minimum Gasteiger partial charge on any atom is -0.358 e. The first kappa shape index (κ1) is 16.3. The van der Waals surface area contributed by atoms with Crippen LogP contribution in [0.1, 0.15) is 56.7 Å². The van der Waals surface area contributed by atoms with Crippen LogP contribution in [0.3, 0.4) is 0 Å². The van der Waals surface area contributed by atoms with Crippen molar-refractivity contribution < 1.29 is 8.91 Å². The highest BCUT2D eigenvalue weighted by Crippen LogP contribution is 2.32. The summed E-state index contributed by atoms with van der Waals surface area (Å²) in [6.07, 6.45) is 0.899. The Bertz CT molecular complexity index is 921. The van der Waals surface area contributed by atoms with Crippen molar-refractivity contribution in [2.24, 2.45) is 0 Å². The van der Waals surface area contributed by atoms with Crippen molar-refractivity contribution in [3.05, 3.63) is 47.0 Å². The highest BCUT2D eigenvalue weighted by molar-refractivity contribution is 5.84. The molecule has 5 nitrogen and oxygen atoms in total. The standard InChI is InChI=1S/C19H23FN4O/c1-11(17-22-18(23-25-17)19(2,3)4)24-8-7-16-14(10-24)13-9-12(20)5-6-15(13)21-16/h5-6,9,11,21H,7-8,10H2,1-4H3. The maximum absolute atomic E-state index is 13.7. The zero-order chi connectivity index (χ0) is 17.8. The van der Waals surface area contributed by atoms with Gasteiger partial charge in [0.1, 0.15) is 5.82 Å². The van der Waals surface area contributed by atoms with Gasteiger partial charge in [-0.05, 0) is 30.7 Å². The highest BCUT2D eigenvalue weighted by Gasteiger charge is 2.29. The number of benzene rings is 1. The topological polar surface area (TPSA) is 58.0 Å². The van der Waals surface area contributed by atoms with Gasteiger partial charge in [0.2, 0.25) is 5.89 Å². The lowest BCUT2D eigenvalue weighted by atomic mass is 9.96. The van der Waals surface area contributed by atoms with Crippen LogP contribution in [0.4, 0.5) is 4.39 Å². The fraction of sp³-hybridized carbons (Fsp3) is 0.474. The van der Waals surface area contributed by atoms with E-state index in [1.54, 1.807) is 6.07 Å². The Morgan fingerprint density at radius 3 is 2.84 bits per heavy atom. The number of rotatable bonds is 2. The third-order valence-corrected chi connectivity index (χ3v) is 4.98. The molecular weight excluding hydrogens is 319 g/mol. The van der Waals surface area contributed by atoms with E-state index in [4.69, 9.17) is 4.52 Å². The SMILES string of the molecule is CC(c1nc(C(C)(C)C)no1)N1CCc2[nH]c3ccc(F)cc3c2C1. The van der Waals surface area contributed by atoms with E-state index in [1.807, 2.05) is 6.07 Å². The minimum absolute atomic E-state index is 0.0234. The number of nitrogens with zero attached hydrogens (tertiary/aromatic N) is 3. The van der Waals surface area contributed by atoms with Crippen LogP contribution < -0.4 is 0 Å². The molecule has 0 bridgehead atoms. The number of hydrogen-bond acceptors (Lipinski definition) is 4. The molecular formula is C19H23FN4O. The second-order valence-corrected chi connectivity index (χ2v) is 7.87. The number of hydrogen-bond donors (Lipinski definition) is 1. The van der Waals surface area contributed by atoms with Crippen LogP contribution >= 0.6 is 0 Å². The third kappa shape index (κ3) is 2.84. The molecule has 0 saturated heterocycles. The van der Waals surface area contributed by atoms with Gasteiger partial charge in [0, 0.05) is 41.5 Å². The summed E-state index contributed by atoms with van der Waals surface area (Å²) in [6, 6.07) is 4.94. The molecule has 1 N–H and O–H groups in total. The Hall–Kier alpha value is -2.21. The average molecular weight is 342 g/mol. The monoisotopic (exact) mass is 342 g/mol. The summed E-state index contributed by atoms with van der Waals surface area (Å²) < 4.78 is 19.2. The van der Waals surface area contributed by atoms with Crippen molar-refractivity contribution >= 4 is 10.9 Å². The second kappa shape index (κ2) is 5.66. The Kier molecular flexibility index (Phi) is 3.68. The predicted octanol–water partition coefficient (Wildman–Crippen LogP) is 4.11. The summed E-state index contributed by atoms with van der Waals surface area (Å²) >= 11 is 0. The van der Waals surface area contributed by atoms with Gasteiger partial charge in [0.15, 0.2) is 5.82 Å². The van der Waals surface area contributed by atoms with Gasteiger partial charge >= 0.3 is 0 Å². The summed E-state index contributed by atoms with van der Waals surface area (Å²) in [4.78, 5) is 10.3. The fourth-order valence-electron chi connectivity index (χ4n) is 3.40. The summed E-state index contributed by atoms with van der Waals surface area (Å²) in [5.41, 5.74) is 3.23. The van der Waals surface area contributed by atoms with Crippen molar-refractivity contribution in [1.29, 1.82) is 0 Å². The van der Waals surface area contributed by atoms with E-state index < -0.39 is 0 Å². The maximum atomic E-state index is 13.7. The molecule has 1 unspecified atom stereocenters. The first-order valence-corrected chi connectivity index (χ1v) is 8.70. The Morgan fingerprint density at radius 1 is 1.32 bits per heavy atom.